The number of hydrogen-bond donors (Lipinski definition) is 0. The lowest BCUT2D eigenvalue weighted by atomic mass is 10.0. The van der Waals surface area contributed by atoms with Gasteiger partial charge in [0.05, 0.1) is 12.7 Å². The van der Waals surface area contributed by atoms with Crippen molar-refractivity contribution < 1.29 is 31.5 Å². The molecule has 0 fully saturated rings. The lowest BCUT2D eigenvalue weighted by Gasteiger charge is -2.16. The molecule has 0 aromatic carbocycles. The fourth-order valence-electron chi connectivity index (χ4n) is 1.26. The first kappa shape index (κ1) is 15.1. The summed E-state index contributed by atoms with van der Waals surface area (Å²) in [6, 6.07) is 0. The molecule has 1 heterocycles. The van der Waals surface area contributed by atoms with E-state index in [1.165, 1.54) is 22.6 Å². The molecule has 0 N–H and O–H groups in total. The number of ether oxygens (including phenoxy) is 1. The normalized spacial score (nSPS) is 11.8. The van der Waals surface area contributed by atoms with Crippen LogP contribution in [0.1, 0.15) is 27.9 Å². The highest BCUT2D eigenvalue weighted by atomic mass is 127. The Morgan fingerprint density at radius 2 is 2.00 bits per heavy atom. The third kappa shape index (κ3) is 2.87. The molecule has 0 saturated carbocycles. The number of nitrogens with zero attached hydrogens (tertiary/aromatic N) is 1. The zero-order chi connectivity index (χ0) is 14.1. The van der Waals surface area contributed by atoms with E-state index in [9.17, 15) is 26.7 Å². The van der Waals surface area contributed by atoms with Gasteiger partial charge in [-0.1, -0.05) is 0 Å². The fourth-order valence-corrected chi connectivity index (χ4v) is 1.89. The molecule has 0 radical (unpaired) electrons. The number of pyridine rings is 1. The summed E-state index contributed by atoms with van der Waals surface area (Å²) in [7, 11) is 0.855. The molecule has 0 saturated heterocycles. The summed E-state index contributed by atoms with van der Waals surface area (Å²) in [6.45, 7) is 0. The molecule has 9 heteroatoms. The van der Waals surface area contributed by atoms with Gasteiger partial charge in [0.1, 0.15) is 9.26 Å². The van der Waals surface area contributed by atoms with Crippen LogP contribution < -0.4 is 0 Å². The average molecular weight is 381 g/mol. The van der Waals surface area contributed by atoms with Crippen LogP contribution in [-0.2, 0) is 10.9 Å². The topological polar surface area (TPSA) is 39.2 Å². The SMILES string of the molecule is COC(=O)c1c(I)ncc(C(F)F)c1C(F)(F)F. The molecule has 0 atom stereocenters. The molecule has 0 amide bonds. The zero-order valence-electron chi connectivity index (χ0n) is 8.69. The molecule has 0 aliphatic rings. The molecule has 1 rings (SSSR count). The van der Waals surface area contributed by atoms with Crippen LogP contribution >= 0.6 is 22.6 Å². The summed E-state index contributed by atoms with van der Waals surface area (Å²) in [5, 5.41) is 0. The number of rotatable bonds is 2. The molecule has 0 aliphatic carbocycles. The van der Waals surface area contributed by atoms with Gasteiger partial charge in [-0.25, -0.2) is 18.6 Å². The van der Waals surface area contributed by atoms with E-state index in [-0.39, 0.29) is 3.70 Å². The molecule has 0 bridgehead atoms. The van der Waals surface area contributed by atoms with Gasteiger partial charge in [0.15, 0.2) is 0 Å². The summed E-state index contributed by atoms with van der Waals surface area (Å²) < 4.78 is 67.2. The van der Waals surface area contributed by atoms with E-state index in [1.807, 2.05) is 0 Å². The molecular weight excluding hydrogens is 376 g/mol. The van der Waals surface area contributed by atoms with Gasteiger partial charge < -0.3 is 4.74 Å². The molecule has 0 unspecified atom stereocenters. The van der Waals surface area contributed by atoms with Gasteiger partial charge in [-0.15, -0.1) is 0 Å². The summed E-state index contributed by atoms with van der Waals surface area (Å²) in [4.78, 5) is 14.6. The average Bonchev–Trinajstić information content (AvgIpc) is 2.25. The molecule has 100 valence electrons. The fraction of sp³-hybridized carbons (Fsp3) is 0.333. The number of halogens is 6. The summed E-state index contributed by atoms with van der Waals surface area (Å²) in [5.74, 6) is -1.36. The number of aromatic nitrogens is 1. The lowest BCUT2D eigenvalue weighted by Crippen LogP contribution is -2.20. The Hall–Kier alpha value is -1.00. The van der Waals surface area contributed by atoms with E-state index in [0.717, 1.165) is 7.11 Å². The number of alkyl halides is 5. The van der Waals surface area contributed by atoms with Crippen LogP contribution in [0.3, 0.4) is 0 Å². The first-order chi connectivity index (χ1) is 8.20. The highest BCUT2D eigenvalue weighted by Gasteiger charge is 2.42. The van der Waals surface area contributed by atoms with Gasteiger partial charge in [-0.05, 0) is 22.6 Å². The number of esters is 1. The zero-order valence-corrected chi connectivity index (χ0v) is 10.8. The van der Waals surface area contributed by atoms with Crippen LogP contribution in [0, 0.1) is 3.70 Å². The highest BCUT2D eigenvalue weighted by molar-refractivity contribution is 14.1. The van der Waals surface area contributed by atoms with E-state index in [0.29, 0.717) is 6.20 Å². The maximum absolute atomic E-state index is 12.8. The van der Waals surface area contributed by atoms with Crippen LogP contribution in [0.25, 0.3) is 0 Å². The van der Waals surface area contributed by atoms with E-state index in [4.69, 9.17) is 0 Å². The Bertz CT molecular complexity index is 475. The summed E-state index contributed by atoms with van der Waals surface area (Å²) in [5.41, 5.74) is -4.05. The third-order valence-corrected chi connectivity index (χ3v) is 2.79. The smallest absolute Gasteiger partial charge is 0.417 e. The van der Waals surface area contributed by atoms with Gasteiger partial charge in [-0.2, -0.15) is 13.2 Å². The monoisotopic (exact) mass is 381 g/mol. The minimum absolute atomic E-state index is 0.351. The van der Waals surface area contributed by atoms with Crippen molar-refractivity contribution in [2.24, 2.45) is 0 Å². The number of carbonyl (C=O) groups is 1. The van der Waals surface area contributed by atoms with E-state index in [1.54, 1.807) is 0 Å². The largest absolute Gasteiger partial charge is 0.465 e. The number of methoxy groups -OCH3 is 1. The Morgan fingerprint density at radius 3 is 2.39 bits per heavy atom. The minimum Gasteiger partial charge on any atom is -0.465 e. The summed E-state index contributed by atoms with van der Waals surface area (Å²) >= 11 is 1.35. The molecule has 18 heavy (non-hydrogen) atoms. The Balaban J connectivity index is 3.67. The molecule has 1 aromatic rings. The van der Waals surface area contributed by atoms with Gasteiger partial charge in [0, 0.05) is 11.8 Å². The van der Waals surface area contributed by atoms with Crippen LogP contribution in [0.2, 0.25) is 0 Å². The standard InChI is InChI=1S/C9H5F5INO2/c1-18-8(17)4-5(9(12,13)14)3(6(10)11)2-16-7(4)15/h2,6H,1H3. The van der Waals surface area contributed by atoms with E-state index >= 15 is 0 Å². The highest BCUT2D eigenvalue weighted by Crippen LogP contribution is 2.39. The van der Waals surface area contributed by atoms with Gasteiger partial charge in [0.25, 0.3) is 6.43 Å². The predicted octanol–water partition coefficient (Wildman–Crippen LogP) is 3.43. The van der Waals surface area contributed by atoms with Crippen molar-refractivity contribution in [3.05, 3.63) is 26.6 Å². The van der Waals surface area contributed by atoms with Crippen molar-refractivity contribution in [3.8, 4) is 0 Å². The number of carbonyl (C=O) groups excluding carboxylic acids is 1. The number of hydrogen-bond acceptors (Lipinski definition) is 3. The van der Waals surface area contributed by atoms with Crippen molar-refractivity contribution in [2.75, 3.05) is 7.11 Å². The Labute approximate surface area is 111 Å². The van der Waals surface area contributed by atoms with Crippen LogP contribution in [-0.4, -0.2) is 18.1 Å². The van der Waals surface area contributed by atoms with Crippen molar-refractivity contribution in [1.82, 2.24) is 4.98 Å². The maximum atomic E-state index is 12.8. The van der Waals surface area contributed by atoms with Crippen molar-refractivity contribution in [1.29, 1.82) is 0 Å². The summed E-state index contributed by atoms with van der Waals surface area (Å²) in [6.07, 6.45) is -8.09. The molecule has 3 nitrogen and oxygen atoms in total. The third-order valence-electron chi connectivity index (χ3n) is 1.97. The van der Waals surface area contributed by atoms with Crippen molar-refractivity contribution >= 4 is 28.6 Å². The predicted molar refractivity (Wildman–Crippen MR) is 58.3 cm³/mol. The second-order valence-corrected chi connectivity index (χ2v) is 4.07. The van der Waals surface area contributed by atoms with E-state index in [2.05, 4.69) is 9.72 Å². The van der Waals surface area contributed by atoms with Gasteiger partial charge in [-0.3, -0.25) is 0 Å². The van der Waals surface area contributed by atoms with Crippen molar-refractivity contribution in [3.63, 3.8) is 0 Å². The van der Waals surface area contributed by atoms with Crippen LogP contribution in [0.5, 0.6) is 0 Å². The minimum atomic E-state index is -5.10. The van der Waals surface area contributed by atoms with Crippen LogP contribution in [0.4, 0.5) is 22.0 Å². The first-order valence-corrected chi connectivity index (χ1v) is 5.40. The maximum Gasteiger partial charge on any atom is 0.417 e. The second-order valence-electron chi connectivity index (χ2n) is 3.04. The lowest BCUT2D eigenvalue weighted by molar-refractivity contribution is -0.140. The van der Waals surface area contributed by atoms with Crippen molar-refractivity contribution in [2.45, 2.75) is 12.6 Å². The molecule has 0 spiro atoms. The molecule has 1 aromatic heterocycles. The Kier molecular flexibility index (Phi) is 4.46. The van der Waals surface area contributed by atoms with Gasteiger partial charge in [0.2, 0.25) is 0 Å². The second kappa shape index (κ2) is 5.33. The quantitative estimate of drug-likeness (QED) is 0.341. The molecule has 0 aliphatic heterocycles. The molecular formula is C9H5F5INO2. The van der Waals surface area contributed by atoms with Gasteiger partial charge >= 0.3 is 12.1 Å². The van der Waals surface area contributed by atoms with E-state index < -0.39 is 35.3 Å². The van der Waals surface area contributed by atoms with Crippen LogP contribution in [0.15, 0.2) is 6.20 Å². The first-order valence-electron chi connectivity index (χ1n) is 4.32. The Morgan fingerprint density at radius 1 is 1.44 bits per heavy atom.